The van der Waals surface area contributed by atoms with E-state index in [0.717, 1.165) is 19.4 Å². The third-order valence-corrected chi connectivity index (χ3v) is 2.93. The summed E-state index contributed by atoms with van der Waals surface area (Å²) in [5.41, 5.74) is 2.49. The number of nitrogens with zero attached hydrogens (tertiary/aromatic N) is 1. The van der Waals surface area contributed by atoms with E-state index < -0.39 is 0 Å². The fraction of sp³-hybridized carbons (Fsp3) is 0.385. The van der Waals surface area contributed by atoms with Gasteiger partial charge in [0.15, 0.2) is 0 Å². The normalized spacial score (nSPS) is 11.1. The first-order valence-corrected chi connectivity index (χ1v) is 5.64. The number of phenols is 1. The van der Waals surface area contributed by atoms with Gasteiger partial charge in [0.05, 0.1) is 0 Å². The predicted molar refractivity (Wildman–Crippen MR) is 66.8 cm³/mol. The van der Waals surface area contributed by atoms with E-state index in [1.807, 2.05) is 26.2 Å². The fourth-order valence-corrected chi connectivity index (χ4v) is 2.12. The van der Waals surface area contributed by atoms with Crippen LogP contribution < -0.4 is 5.32 Å². The molecule has 0 amide bonds. The first-order chi connectivity index (χ1) is 7.72. The summed E-state index contributed by atoms with van der Waals surface area (Å²) in [5.74, 6) is 0.341. The first-order valence-electron chi connectivity index (χ1n) is 5.64. The van der Waals surface area contributed by atoms with Crippen LogP contribution in [0.1, 0.15) is 12.0 Å². The molecule has 2 rings (SSSR count). The molecule has 0 aliphatic rings. The van der Waals surface area contributed by atoms with Crippen molar-refractivity contribution in [2.75, 3.05) is 13.6 Å². The third kappa shape index (κ3) is 2.04. The van der Waals surface area contributed by atoms with Crippen molar-refractivity contribution in [2.45, 2.75) is 12.8 Å². The lowest BCUT2D eigenvalue weighted by Crippen LogP contribution is -2.08. The van der Waals surface area contributed by atoms with Gasteiger partial charge in [0.25, 0.3) is 0 Å². The standard InChI is InChI=1S/C13H18N2O/c1-14-7-3-4-10-9-15(2)13-6-5-11(16)8-12(10)13/h5-6,8-9,14,16H,3-4,7H2,1-2H3. The summed E-state index contributed by atoms with van der Waals surface area (Å²) in [7, 11) is 4.01. The molecule has 1 heterocycles. The van der Waals surface area contributed by atoms with Gasteiger partial charge in [-0.15, -0.1) is 0 Å². The molecule has 86 valence electrons. The van der Waals surface area contributed by atoms with Crippen LogP contribution in [0.15, 0.2) is 24.4 Å². The predicted octanol–water partition coefficient (Wildman–Crippen LogP) is 2.04. The number of hydrogen-bond donors (Lipinski definition) is 2. The Morgan fingerprint density at radius 1 is 1.38 bits per heavy atom. The van der Waals surface area contributed by atoms with Gasteiger partial charge in [-0.1, -0.05) is 0 Å². The van der Waals surface area contributed by atoms with Gasteiger partial charge < -0.3 is 15.0 Å². The van der Waals surface area contributed by atoms with Crippen molar-refractivity contribution >= 4 is 10.9 Å². The lowest BCUT2D eigenvalue weighted by Gasteiger charge is -1.99. The Morgan fingerprint density at radius 3 is 2.94 bits per heavy atom. The number of aryl methyl sites for hydroxylation is 2. The summed E-state index contributed by atoms with van der Waals surface area (Å²) in [6, 6.07) is 5.55. The molecule has 3 nitrogen and oxygen atoms in total. The molecule has 0 radical (unpaired) electrons. The topological polar surface area (TPSA) is 37.2 Å². The van der Waals surface area contributed by atoms with E-state index >= 15 is 0 Å². The van der Waals surface area contributed by atoms with E-state index in [1.165, 1.54) is 16.5 Å². The average molecular weight is 218 g/mol. The summed E-state index contributed by atoms with van der Waals surface area (Å²) in [6.45, 7) is 1.02. The van der Waals surface area contributed by atoms with Crippen LogP contribution >= 0.6 is 0 Å². The summed E-state index contributed by atoms with van der Waals surface area (Å²) in [4.78, 5) is 0. The van der Waals surface area contributed by atoms with E-state index in [4.69, 9.17) is 0 Å². The number of aromatic nitrogens is 1. The molecular formula is C13H18N2O. The van der Waals surface area contributed by atoms with Crippen molar-refractivity contribution < 1.29 is 5.11 Å². The van der Waals surface area contributed by atoms with Crippen LogP contribution in [-0.2, 0) is 13.5 Å². The van der Waals surface area contributed by atoms with Gasteiger partial charge in [-0.05, 0) is 50.2 Å². The minimum absolute atomic E-state index is 0.341. The smallest absolute Gasteiger partial charge is 0.116 e. The van der Waals surface area contributed by atoms with E-state index in [2.05, 4.69) is 16.1 Å². The van der Waals surface area contributed by atoms with Crippen molar-refractivity contribution in [3.8, 4) is 5.75 Å². The molecule has 0 saturated heterocycles. The van der Waals surface area contributed by atoms with E-state index in [1.54, 1.807) is 6.07 Å². The van der Waals surface area contributed by atoms with Gasteiger partial charge in [-0.25, -0.2) is 0 Å². The fourth-order valence-electron chi connectivity index (χ4n) is 2.12. The highest BCUT2D eigenvalue weighted by atomic mass is 16.3. The molecule has 1 aromatic carbocycles. The molecule has 0 atom stereocenters. The molecule has 0 saturated carbocycles. The largest absolute Gasteiger partial charge is 0.508 e. The molecule has 0 aliphatic carbocycles. The molecule has 0 unspecified atom stereocenters. The zero-order chi connectivity index (χ0) is 11.5. The van der Waals surface area contributed by atoms with Gasteiger partial charge in [-0.2, -0.15) is 0 Å². The average Bonchev–Trinajstić information content (AvgIpc) is 2.56. The lowest BCUT2D eigenvalue weighted by molar-refractivity contribution is 0.476. The van der Waals surface area contributed by atoms with Crippen LogP contribution in [0.2, 0.25) is 0 Å². The number of aromatic hydroxyl groups is 1. The highest BCUT2D eigenvalue weighted by Gasteiger charge is 2.06. The Labute approximate surface area is 95.7 Å². The zero-order valence-corrected chi connectivity index (χ0v) is 9.83. The van der Waals surface area contributed by atoms with E-state index in [0.29, 0.717) is 5.75 Å². The van der Waals surface area contributed by atoms with Crippen LogP contribution in [-0.4, -0.2) is 23.3 Å². The van der Waals surface area contributed by atoms with Crippen molar-refractivity contribution in [2.24, 2.45) is 7.05 Å². The summed E-state index contributed by atoms with van der Waals surface area (Å²) in [5, 5.41) is 13.8. The number of benzene rings is 1. The number of rotatable bonds is 4. The second-order valence-electron chi connectivity index (χ2n) is 4.17. The molecular weight excluding hydrogens is 200 g/mol. The van der Waals surface area contributed by atoms with Crippen LogP contribution in [0.25, 0.3) is 10.9 Å². The van der Waals surface area contributed by atoms with Gasteiger partial charge in [0.2, 0.25) is 0 Å². The highest BCUT2D eigenvalue weighted by Crippen LogP contribution is 2.25. The molecule has 2 N–H and O–H groups in total. The Hall–Kier alpha value is -1.48. The van der Waals surface area contributed by atoms with E-state index in [-0.39, 0.29) is 0 Å². The summed E-state index contributed by atoms with van der Waals surface area (Å²) < 4.78 is 2.11. The summed E-state index contributed by atoms with van der Waals surface area (Å²) >= 11 is 0. The van der Waals surface area contributed by atoms with Gasteiger partial charge in [0.1, 0.15) is 5.75 Å². The molecule has 16 heavy (non-hydrogen) atoms. The van der Waals surface area contributed by atoms with Crippen molar-refractivity contribution in [3.63, 3.8) is 0 Å². The molecule has 0 spiro atoms. The van der Waals surface area contributed by atoms with Crippen molar-refractivity contribution in [1.82, 2.24) is 9.88 Å². The quantitative estimate of drug-likeness (QED) is 0.771. The molecule has 1 aromatic heterocycles. The number of fused-ring (bicyclic) bond motifs is 1. The Balaban J connectivity index is 2.33. The minimum Gasteiger partial charge on any atom is -0.508 e. The Kier molecular flexibility index (Phi) is 3.15. The minimum atomic E-state index is 0.341. The molecule has 0 aliphatic heterocycles. The van der Waals surface area contributed by atoms with Gasteiger partial charge in [-0.3, -0.25) is 0 Å². The second kappa shape index (κ2) is 4.58. The maximum absolute atomic E-state index is 9.51. The maximum atomic E-state index is 9.51. The Morgan fingerprint density at radius 2 is 2.19 bits per heavy atom. The maximum Gasteiger partial charge on any atom is 0.116 e. The molecule has 0 bridgehead atoms. The highest BCUT2D eigenvalue weighted by molar-refractivity contribution is 5.85. The van der Waals surface area contributed by atoms with Gasteiger partial charge >= 0.3 is 0 Å². The summed E-state index contributed by atoms with van der Waals surface area (Å²) in [6.07, 6.45) is 4.31. The lowest BCUT2D eigenvalue weighted by atomic mass is 10.1. The monoisotopic (exact) mass is 218 g/mol. The number of phenolic OH excluding ortho intramolecular Hbond substituents is 1. The van der Waals surface area contributed by atoms with Crippen molar-refractivity contribution in [3.05, 3.63) is 30.0 Å². The van der Waals surface area contributed by atoms with Gasteiger partial charge in [0, 0.05) is 24.1 Å². The van der Waals surface area contributed by atoms with Crippen molar-refractivity contribution in [1.29, 1.82) is 0 Å². The molecule has 2 aromatic rings. The first kappa shape index (κ1) is 11.0. The Bertz CT molecular complexity index is 488. The van der Waals surface area contributed by atoms with Crippen LogP contribution in [0.4, 0.5) is 0 Å². The van der Waals surface area contributed by atoms with Crippen LogP contribution in [0.5, 0.6) is 5.75 Å². The van der Waals surface area contributed by atoms with E-state index in [9.17, 15) is 5.11 Å². The number of nitrogens with one attached hydrogen (secondary N) is 1. The zero-order valence-electron chi connectivity index (χ0n) is 9.83. The molecule has 0 fully saturated rings. The second-order valence-corrected chi connectivity index (χ2v) is 4.17. The third-order valence-electron chi connectivity index (χ3n) is 2.93. The van der Waals surface area contributed by atoms with Crippen LogP contribution in [0, 0.1) is 0 Å². The number of hydrogen-bond acceptors (Lipinski definition) is 2. The SMILES string of the molecule is CNCCCc1cn(C)c2ccc(O)cc12. The van der Waals surface area contributed by atoms with Crippen LogP contribution in [0.3, 0.4) is 0 Å². The molecule has 3 heteroatoms.